The molecule has 2 aromatic carbocycles. The first-order chi connectivity index (χ1) is 12.4. The highest BCUT2D eigenvalue weighted by Gasteiger charge is 2.12. The van der Waals surface area contributed by atoms with E-state index in [1.165, 1.54) is 18.2 Å². The van der Waals surface area contributed by atoms with Gasteiger partial charge in [-0.05, 0) is 54.3 Å². The van der Waals surface area contributed by atoms with Crippen LogP contribution >= 0.6 is 0 Å². The van der Waals surface area contributed by atoms with E-state index >= 15 is 0 Å². The van der Waals surface area contributed by atoms with Gasteiger partial charge >= 0.3 is 0 Å². The molecule has 0 spiro atoms. The Bertz CT molecular complexity index is 813. The zero-order valence-corrected chi connectivity index (χ0v) is 15.1. The molecule has 6 heteroatoms. The smallest absolute Gasteiger partial charge is 0.269 e. The summed E-state index contributed by atoms with van der Waals surface area (Å²) in [6.45, 7) is 3.97. The fourth-order valence-corrected chi connectivity index (χ4v) is 2.64. The third-order valence-electron chi connectivity index (χ3n) is 4.08. The molecule has 6 nitrogen and oxygen atoms in total. The topological polar surface area (TPSA) is 81.5 Å². The van der Waals surface area contributed by atoms with Crippen molar-refractivity contribution < 1.29 is 14.5 Å². The molecule has 1 N–H and O–H groups in total. The Morgan fingerprint density at radius 1 is 1.27 bits per heavy atom. The SMILES string of the molecule is CC[C@H](NC(=O)/C=C/c1ccc([N+](=O)[O-])cc1)c1ccc(OC)c(C)c1. The number of nitro groups is 1. The van der Waals surface area contributed by atoms with Crippen molar-refractivity contribution in [3.05, 3.63) is 75.3 Å². The summed E-state index contributed by atoms with van der Waals surface area (Å²) in [5.41, 5.74) is 2.77. The number of amides is 1. The van der Waals surface area contributed by atoms with Gasteiger partial charge in [-0.3, -0.25) is 14.9 Å². The largest absolute Gasteiger partial charge is 0.496 e. The summed E-state index contributed by atoms with van der Waals surface area (Å²) in [6, 6.07) is 11.8. The molecule has 26 heavy (non-hydrogen) atoms. The van der Waals surface area contributed by atoms with Crippen molar-refractivity contribution in [3.63, 3.8) is 0 Å². The van der Waals surface area contributed by atoms with Crippen molar-refractivity contribution in [2.24, 2.45) is 0 Å². The van der Waals surface area contributed by atoms with Crippen LogP contribution in [0.4, 0.5) is 5.69 Å². The van der Waals surface area contributed by atoms with Crippen LogP contribution in [0.5, 0.6) is 5.75 Å². The van der Waals surface area contributed by atoms with Gasteiger partial charge in [-0.1, -0.05) is 19.1 Å². The molecule has 0 radical (unpaired) electrons. The van der Waals surface area contributed by atoms with E-state index in [-0.39, 0.29) is 17.6 Å². The van der Waals surface area contributed by atoms with Crippen LogP contribution < -0.4 is 10.1 Å². The summed E-state index contributed by atoms with van der Waals surface area (Å²) in [5.74, 6) is 0.594. The zero-order valence-electron chi connectivity index (χ0n) is 15.1. The first-order valence-electron chi connectivity index (χ1n) is 8.32. The summed E-state index contributed by atoms with van der Waals surface area (Å²) < 4.78 is 5.26. The van der Waals surface area contributed by atoms with Crippen molar-refractivity contribution >= 4 is 17.7 Å². The normalized spacial score (nSPS) is 12.0. The highest BCUT2D eigenvalue weighted by molar-refractivity contribution is 5.92. The van der Waals surface area contributed by atoms with Gasteiger partial charge in [0.2, 0.25) is 5.91 Å². The Balaban J connectivity index is 2.04. The van der Waals surface area contributed by atoms with Crippen LogP contribution in [0.25, 0.3) is 6.08 Å². The number of non-ortho nitro benzene ring substituents is 1. The van der Waals surface area contributed by atoms with Crippen molar-refractivity contribution in [1.82, 2.24) is 5.32 Å². The number of rotatable bonds is 7. The van der Waals surface area contributed by atoms with Crippen LogP contribution in [0.2, 0.25) is 0 Å². The van der Waals surface area contributed by atoms with Crippen molar-refractivity contribution in [1.29, 1.82) is 0 Å². The molecule has 2 rings (SSSR count). The minimum absolute atomic E-state index is 0.0209. The Morgan fingerprint density at radius 3 is 2.50 bits per heavy atom. The number of benzene rings is 2. The van der Waals surface area contributed by atoms with Crippen molar-refractivity contribution in [3.8, 4) is 5.75 Å². The maximum Gasteiger partial charge on any atom is 0.269 e. The van der Waals surface area contributed by atoms with Gasteiger partial charge in [-0.2, -0.15) is 0 Å². The molecular weight excluding hydrogens is 332 g/mol. The second kappa shape index (κ2) is 8.80. The predicted octanol–water partition coefficient (Wildman–Crippen LogP) is 4.19. The van der Waals surface area contributed by atoms with E-state index in [1.807, 2.05) is 32.0 Å². The lowest BCUT2D eigenvalue weighted by molar-refractivity contribution is -0.384. The quantitative estimate of drug-likeness (QED) is 0.459. The number of methoxy groups -OCH3 is 1. The fourth-order valence-electron chi connectivity index (χ4n) is 2.64. The zero-order chi connectivity index (χ0) is 19.1. The number of carbonyl (C=O) groups is 1. The van der Waals surface area contributed by atoms with Gasteiger partial charge in [0.05, 0.1) is 18.1 Å². The molecule has 0 heterocycles. The summed E-state index contributed by atoms with van der Waals surface area (Å²) in [7, 11) is 1.63. The maximum absolute atomic E-state index is 12.2. The third kappa shape index (κ3) is 4.92. The number of nitro benzene ring substituents is 1. The lowest BCUT2D eigenvalue weighted by Crippen LogP contribution is -2.26. The summed E-state index contributed by atoms with van der Waals surface area (Å²) in [4.78, 5) is 22.4. The maximum atomic E-state index is 12.2. The second-order valence-corrected chi connectivity index (χ2v) is 5.88. The molecule has 0 aliphatic rings. The fraction of sp³-hybridized carbons (Fsp3) is 0.250. The predicted molar refractivity (Wildman–Crippen MR) is 101 cm³/mol. The minimum Gasteiger partial charge on any atom is -0.496 e. The number of hydrogen-bond donors (Lipinski definition) is 1. The molecule has 1 amide bonds. The van der Waals surface area contributed by atoms with Crippen LogP contribution in [-0.2, 0) is 4.79 Å². The second-order valence-electron chi connectivity index (χ2n) is 5.88. The molecule has 0 aliphatic carbocycles. The lowest BCUT2D eigenvalue weighted by Gasteiger charge is -2.18. The Kier molecular flexibility index (Phi) is 6.49. The molecule has 0 aliphatic heterocycles. The van der Waals surface area contributed by atoms with Crippen LogP contribution in [0, 0.1) is 17.0 Å². The van der Waals surface area contributed by atoms with Crippen molar-refractivity contribution in [2.45, 2.75) is 26.3 Å². The monoisotopic (exact) mass is 354 g/mol. The van der Waals surface area contributed by atoms with E-state index in [2.05, 4.69) is 5.32 Å². The van der Waals surface area contributed by atoms with Gasteiger partial charge < -0.3 is 10.1 Å². The number of ether oxygens (including phenoxy) is 1. The molecule has 0 aromatic heterocycles. The van der Waals surface area contributed by atoms with E-state index in [4.69, 9.17) is 4.74 Å². The Labute approximate surface area is 152 Å². The Hall–Kier alpha value is -3.15. The molecule has 2 aromatic rings. The summed E-state index contributed by atoms with van der Waals surface area (Å²) in [6.07, 6.45) is 3.81. The molecule has 0 unspecified atom stereocenters. The van der Waals surface area contributed by atoms with Gasteiger partial charge in [0.1, 0.15) is 5.75 Å². The third-order valence-corrected chi connectivity index (χ3v) is 4.08. The highest BCUT2D eigenvalue weighted by Crippen LogP contribution is 2.24. The van der Waals surface area contributed by atoms with Gasteiger partial charge in [-0.25, -0.2) is 0 Å². The molecule has 0 fully saturated rings. The first-order valence-corrected chi connectivity index (χ1v) is 8.32. The summed E-state index contributed by atoms with van der Waals surface area (Å²) in [5, 5.41) is 13.6. The Morgan fingerprint density at radius 2 is 1.96 bits per heavy atom. The molecule has 136 valence electrons. The van der Waals surface area contributed by atoms with E-state index in [0.717, 1.165) is 28.9 Å². The average Bonchev–Trinajstić information content (AvgIpc) is 2.64. The van der Waals surface area contributed by atoms with E-state index in [1.54, 1.807) is 25.3 Å². The van der Waals surface area contributed by atoms with Crippen LogP contribution in [0.15, 0.2) is 48.5 Å². The molecule has 0 saturated heterocycles. The van der Waals surface area contributed by atoms with Crippen molar-refractivity contribution in [2.75, 3.05) is 7.11 Å². The summed E-state index contributed by atoms with van der Waals surface area (Å²) >= 11 is 0. The lowest BCUT2D eigenvalue weighted by atomic mass is 10.0. The number of nitrogens with one attached hydrogen (secondary N) is 1. The van der Waals surface area contributed by atoms with Gasteiger partial charge in [0.15, 0.2) is 0 Å². The van der Waals surface area contributed by atoms with E-state index in [9.17, 15) is 14.9 Å². The molecular formula is C20H22N2O4. The van der Waals surface area contributed by atoms with Gasteiger partial charge in [0, 0.05) is 18.2 Å². The number of hydrogen-bond acceptors (Lipinski definition) is 4. The number of carbonyl (C=O) groups excluding carboxylic acids is 1. The van der Waals surface area contributed by atoms with Crippen LogP contribution in [-0.4, -0.2) is 17.9 Å². The minimum atomic E-state index is -0.455. The van der Waals surface area contributed by atoms with Crippen LogP contribution in [0.3, 0.4) is 0 Å². The number of nitrogens with zero attached hydrogens (tertiary/aromatic N) is 1. The van der Waals surface area contributed by atoms with Gasteiger partial charge in [-0.15, -0.1) is 0 Å². The van der Waals surface area contributed by atoms with Gasteiger partial charge in [0.25, 0.3) is 5.69 Å². The molecule has 0 saturated carbocycles. The molecule has 0 bridgehead atoms. The van der Waals surface area contributed by atoms with Crippen LogP contribution in [0.1, 0.15) is 36.1 Å². The average molecular weight is 354 g/mol. The number of aryl methyl sites for hydroxylation is 1. The molecule has 1 atom stereocenters. The van der Waals surface area contributed by atoms with E-state index < -0.39 is 4.92 Å². The highest BCUT2D eigenvalue weighted by atomic mass is 16.6. The van der Waals surface area contributed by atoms with E-state index in [0.29, 0.717) is 0 Å². The first kappa shape index (κ1) is 19.2. The standard InChI is InChI=1S/C20H22N2O4/c1-4-18(16-8-11-19(26-3)14(2)13-16)21-20(23)12-7-15-5-9-17(10-6-15)22(24)25/h5-13,18H,4H2,1-3H3,(H,21,23)/b12-7+/t18-/m0/s1.